The van der Waals surface area contributed by atoms with Gasteiger partial charge >= 0.3 is 0 Å². The third-order valence-corrected chi connectivity index (χ3v) is 4.36. The summed E-state index contributed by atoms with van der Waals surface area (Å²) in [5, 5.41) is 2.77. The molecular formula is C18H25FN2O3. The fourth-order valence-corrected chi connectivity index (χ4v) is 2.91. The van der Waals surface area contributed by atoms with Gasteiger partial charge in [0.25, 0.3) is 11.7 Å². The zero-order valence-corrected chi connectivity index (χ0v) is 14.3. The first-order valence-electron chi connectivity index (χ1n) is 8.46. The summed E-state index contributed by atoms with van der Waals surface area (Å²) >= 11 is 0. The molecule has 6 heteroatoms. The normalized spacial score (nSPS) is 16.0. The number of hydrogen-bond acceptors (Lipinski definition) is 4. The summed E-state index contributed by atoms with van der Waals surface area (Å²) in [7, 11) is 1.38. The Morgan fingerprint density at radius 1 is 1.33 bits per heavy atom. The minimum absolute atomic E-state index is 0.0149. The van der Waals surface area contributed by atoms with E-state index >= 15 is 0 Å². The number of Topliss-reactive ketones (excluding diaryl/α,β-unsaturated/α-hetero) is 1. The first-order chi connectivity index (χ1) is 11.5. The van der Waals surface area contributed by atoms with Crippen LogP contribution in [0.4, 0.5) is 4.39 Å². The number of carbonyl (C=O) groups excluding carboxylic acids is 2. The van der Waals surface area contributed by atoms with E-state index in [1.807, 2.05) is 0 Å². The van der Waals surface area contributed by atoms with Gasteiger partial charge in [0.1, 0.15) is 11.6 Å². The molecule has 0 saturated carbocycles. The molecule has 132 valence electrons. The number of likely N-dealkylation sites (tertiary alicyclic amines) is 1. The molecule has 1 saturated heterocycles. The van der Waals surface area contributed by atoms with Crippen LogP contribution in [-0.2, 0) is 4.79 Å². The van der Waals surface area contributed by atoms with E-state index in [1.165, 1.54) is 32.1 Å². The molecule has 0 unspecified atom stereocenters. The summed E-state index contributed by atoms with van der Waals surface area (Å²) in [6.07, 6.45) is 3.99. The lowest BCUT2D eigenvalue weighted by Gasteiger charge is -2.32. The number of ether oxygens (including phenoxy) is 1. The number of ketones is 1. The largest absolute Gasteiger partial charge is 0.496 e. The highest BCUT2D eigenvalue weighted by atomic mass is 19.1. The Morgan fingerprint density at radius 2 is 2.04 bits per heavy atom. The van der Waals surface area contributed by atoms with Crippen LogP contribution in [-0.4, -0.2) is 49.4 Å². The number of rotatable bonds is 7. The predicted molar refractivity (Wildman–Crippen MR) is 89.8 cm³/mol. The van der Waals surface area contributed by atoms with Crippen molar-refractivity contribution in [3.63, 3.8) is 0 Å². The molecule has 1 fully saturated rings. The van der Waals surface area contributed by atoms with Crippen LogP contribution in [0.1, 0.15) is 43.0 Å². The molecule has 1 aromatic rings. The molecular weight excluding hydrogens is 311 g/mol. The molecule has 0 radical (unpaired) electrons. The van der Waals surface area contributed by atoms with Crippen molar-refractivity contribution in [2.24, 2.45) is 0 Å². The fraction of sp³-hybridized carbons (Fsp3) is 0.556. The van der Waals surface area contributed by atoms with E-state index in [2.05, 4.69) is 17.1 Å². The van der Waals surface area contributed by atoms with Crippen LogP contribution in [0.3, 0.4) is 0 Å². The first kappa shape index (κ1) is 18.4. The van der Waals surface area contributed by atoms with E-state index in [9.17, 15) is 14.0 Å². The van der Waals surface area contributed by atoms with Crippen molar-refractivity contribution in [3.05, 3.63) is 29.6 Å². The molecule has 1 aliphatic heterocycles. The maximum atomic E-state index is 13.4. The van der Waals surface area contributed by atoms with Gasteiger partial charge in [0.2, 0.25) is 0 Å². The van der Waals surface area contributed by atoms with Gasteiger partial charge in [-0.15, -0.1) is 0 Å². The van der Waals surface area contributed by atoms with E-state index in [4.69, 9.17) is 4.74 Å². The first-order valence-corrected chi connectivity index (χ1v) is 8.46. The van der Waals surface area contributed by atoms with Gasteiger partial charge in [-0.25, -0.2) is 4.39 Å². The molecule has 0 aliphatic carbocycles. The Kier molecular flexibility index (Phi) is 6.73. The smallest absolute Gasteiger partial charge is 0.292 e. The third kappa shape index (κ3) is 4.77. The monoisotopic (exact) mass is 336 g/mol. The lowest BCUT2D eigenvalue weighted by atomic mass is 10.0. The van der Waals surface area contributed by atoms with E-state index in [1.54, 1.807) is 0 Å². The minimum Gasteiger partial charge on any atom is -0.496 e. The topological polar surface area (TPSA) is 58.6 Å². The number of nitrogens with zero attached hydrogens (tertiary/aromatic N) is 1. The summed E-state index contributed by atoms with van der Waals surface area (Å²) in [6.45, 7) is 5.08. The van der Waals surface area contributed by atoms with Crippen LogP contribution < -0.4 is 10.1 Å². The third-order valence-electron chi connectivity index (χ3n) is 4.36. The average Bonchev–Trinajstić information content (AvgIpc) is 2.60. The highest BCUT2D eigenvalue weighted by Crippen LogP contribution is 2.20. The molecule has 0 spiro atoms. The van der Waals surface area contributed by atoms with Crippen LogP contribution in [0.15, 0.2) is 18.2 Å². The summed E-state index contributed by atoms with van der Waals surface area (Å²) in [4.78, 5) is 26.9. The number of methoxy groups -OCH3 is 1. The number of carbonyl (C=O) groups is 2. The molecule has 1 heterocycles. The van der Waals surface area contributed by atoms with Crippen molar-refractivity contribution in [2.75, 3.05) is 26.7 Å². The average molecular weight is 336 g/mol. The Bertz CT molecular complexity index is 584. The molecule has 1 N–H and O–H groups in total. The van der Waals surface area contributed by atoms with E-state index in [-0.39, 0.29) is 17.4 Å². The van der Waals surface area contributed by atoms with Crippen molar-refractivity contribution in [1.82, 2.24) is 10.2 Å². The lowest BCUT2D eigenvalue weighted by molar-refractivity contribution is -0.118. The Hall–Kier alpha value is -1.95. The van der Waals surface area contributed by atoms with E-state index < -0.39 is 17.5 Å². The van der Waals surface area contributed by atoms with Gasteiger partial charge in [0.15, 0.2) is 0 Å². The highest BCUT2D eigenvalue weighted by molar-refractivity contribution is 6.43. The van der Waals surface area contributed by atoms with Crippen LogP contribution in [0, 0.1) is 5.82 Å². The van der Waals surface area contributed by atoms with Crippen molar-refractivity contribution in [1.29, 1.82) is 0 Å². The number of benzene rings is 1. The van der Waals surface area contributed by atoms with Crippen LogP contribution in [0.5, 0.6) is 5.75 Å². The number of unbranched alkanes of at least 4 members (excludes halogenated alkanes) is 1. The van der Waals surface area contributed by atoms with Gasteiger partial charge < -0.3 is 15.0 Å². The molecule has 0 atom stereocenters. The number of nitrogens with one attached hydrogen (secondary N) is 1. The maximum Gasteiger partial charge on any atom is 0.292 e. The molecule has 2 rings (SSSR count). The second-order valence-corrected chi connectivity index (χ2v) is 6.12. The molecule has 0 aromatic heterocycles. The Morgan fingerprint density at radius 3 is 2.67 bits per heavy atom. The summed E-state index contributed by atoms with van der Waals surface area (Å²) < 4.78 is 18.4. The zero-order chi connectivity index (χ0) is 17.5. The summed E-state index contributed by atoms with van der Waals surface area (Å²) in [6, 6.07) is 3.56. The number of halogens is 1. The van der Waals surface area contributed by atoms with Gasteiger partial charge in [0, 0.05) is 19.1 Å². The highest BCUT2D eigenvalue weighted by Gasteiger charge is 2.25. The Labute approximate surface area is 142 Å². The molecule has 1 amide bonds. The Balaban J connectivity index is 1.91. The van der Waals surface area contributed by atoms with Gasteiger partial charge in [-0.3, -0.25) is 9.59 Å². The quantitative estimate of drug-likeness (QED) is 0.614. The zero-order valence-electron chi connectivity index (χ0n) is 14.3. The van der Waals surface area contributed by atoms with Crippen molar-refractivity contribution < 1.29 is 18.7 Å². The van der Waals surface area contributed by atoms with E-state index in [0.29, 0.717) is 0 Å². The van der Waals surface area contributed by atoms with Crippen LogP contribution >= 0.6 is 0 Å². The van der Waals surface area contributed by atoms with Crippen LogP contribution in [0.2, 0.25) is 0 Å². The maximum absolute atomic E-state index is 13.4. The number of hydrogen-bond donors (Lipinski definition) is 1. The standard InChI is InChI=1S/C18H25FN2O3/c1-3-4-9-21-10-7-14(8-11-21)20-18(23)17(22)15-12-13(19)5-6-16(15)24-2/h5-6,12,14H,3-4,7-11H2,1-2H3,(H,20,23). The molecule has 0 bridgehead atoms. The van der Waals surface area contributed by atoms with Gasteiger partial charge in [-0.1, -0.05) is 13.3 Å². The fourth-order valence-electron chi connectivity index (χ4n) is 2.91. The SMILES string of the molecule is CCCCN1CCC(NC(=O)C(=O)c2cc(F)ccc2OC)CC1. The number of piperidine rings is 1. The van der Waals surface area contributed by atoms with Crippen molar-refractivity contribution in [3.8, 4) is 5.75 Å². The molecule has 24 heavy (non-hydrogen) atoms. The minimum atomic E-state index is -0.764. The summed E-state index contributed by atoms with van der Waals surface area (Å²) in [5.74, 6) is -1.84. The van der Waals surface area contributed by atoms with Crippen molar-refractivity contribution in [2.45, 2.75) is 38.6 Å². The second kappa shape index (κ2) is 8.78. The molecule has 5 nitrogen and oxygen atoms in total. The molecule has 1 aliphatic rings. The predicted octanol–water partition coefficient (Wildman–Crippen LogP) is 2.40. The van der Waals surface area contributed by atoms with Gasteiger partial charge in [-0.2, -0.15) is 0 Å². The second-order valence-electron chi connectivity index (χ2n) is 6.12. The van der Waals surface area contributed by atoms with Gasteiger partial charge in [-0.05, 0) is 44.0 Å². The van der Waals surface area contributed by atoms with Crippen LogP contribution in [0.25, 0.3) is 0 Å². The lowest BCUT2D eigenvalue weighted by Crippen LogP contribution is -2.46. The molecule has 1 aromatic carbocycles. The summed E-state index contributed by atoms with van der Waals surface area (Å²) in [5.41, 5.74) is -0.0459. The number of amides is 1. The van der Waals surface area contributed by atoms with Crippen molar-refractivity contribution >= 4 is 11.7 Å². The van der Waals surface area contributed by atoms with Gasteiger partial charge in [0.05, 0.1) is 12.7 Å². The van der Waals surface area contributed by atoms with E-state index in [0.717, 1.165) is 38.5 Å².